The topological polar surface area (TPSA) is 96.3 Å². The molecule has 1 aromatic rings. The second-order valence-corrected chi connectivity index (χ2v) is 9.82. The number of nitrogens with zero attached hydrogens (tertiary/aromatic N) is 1. The minimum atomic E-state index is -1.02. The van der Waals surface area contributed by atoms with Crippen molar-refractivity contribution in [2.45, 2.75) is 52.0 Å². The van der Waals surface area contributed by atoms with Gasteiger partial charge in [-0.15, -0.1) is 0 Å². The summed E-state index contributed by atoms with van der Waals surface area (Å²) in [6.07, 6.45) is 4.09. The van der Waals surface area contributed by atoms with Gasteiger partial charge in [0.15, 0.2) is 11.6 Å². The number of phenols is 1. The highest BCUT2D eigenvalue weighted by molar-refractivity contribution is 6.43. The average Bonchev–Trinajstić information content (AvgIpc) is 3.05. The van der Waals surface area contributed by atoms with E-state index in [4.69, 9.17) is 9.39 Å². The van der Waals surface area contributed by atoms with Crippen LogP contribution in [0.3, 0.4) is 0 Å². The van der Waals surface area contributed by atoms with E-state index in [2.05, 4.69) is 0 Å². The monoisotopic (exact) mass is 485 g/mol. The Labute approximate surface area is 205 Å². The van der Waals surface area contributed by atoms with E-state index in [1.54, 1.807) is 13.2 Å². The minimum Gasteiger partial charge on any atom is -0.505 e. The number of phenolic OH excluding ortho intramolecular Hbond substituents is 1. The van der Waals surface area contributed by atoms with E-state index in [-0.39, 0.29) is 29.8 Å². The van der Waals surface area contributed by atoms with Crippen LogP contribution >= 0.6 is 0 Å². The predicted octanol–water partition coefficient (Wildman–Crippen LogP) is 3.57. The fourth-order valence-corrected chi connectivity index (χ4v) is 5.91. The normalized spacial score (nSPS) is 26.9. The lowest BCUT2D eigenvalue weighted by atomic mass is 9.58. The molecule has 9 heteroatoms. The number of halogens is 1. The van der Waals surface area contributed by atoms with Gasteiger partial charge in [-0.3, -0.25) is 14.5 Å². The molecule has 0 radical (unpaired) electrons. The summed E-state index contributed by atoms with van der Waals surface area (Å²) in [4.78, 5) is 27.7. The summed E-state index contributed by atoms with van der Waals surface area (Å²) in [7, 11) is 0.589. The van der Waals surface area contributed by atoms with Gasteiger partial charge in [0.25, 0.3) is 0 Å². The Bertz CT molecular complexity index is 1060. The highest BCUT2D eigenvalue weighted by Crippen LogP contribution is 2.50. The average molecular weight is 485 g/mol. The molecule has 0 spiro atoms. The molecule has 7 nitrogen and oxygen atoms in total. The molecule has 2 saturated heterocycles. The number of carbonyl (C=O) groups excluding carboxylic acids is 2. The van der Waals surface area contributed by atoms with Gasteiger partial charge in [-0.25, -0.2) is 4.39 Å². The van der Waals surface area contributed by atoms with E-state index in [0.717, 1.165) is 16.7 Å². The van der Waals surface area contributed by atoms with Crippen LogP contribution in [-0.4, -0.2) is 60.3 Å². The Morgan fingerprint density at radius 3 is 2.77 bits per heavy atom. The Morgan fingerprint density at radius 1 is 1.31 bits per heavy atom. The molecule has 0 unspecified atom stereocenters. The number of benzene rings is 1. The van der Waals surface area contributed by atoms with Gasteiger partial charge in [-0.05, 0) is 73.7 Å². The number of imide groups is 1. The van der Waals surface area contributed by atoms with E-state index < -0.39 is 30.9 Å². The molecule has 0 aromatic heterocycles. The van der Waals surface area contributed by atoms with Crippen molar-refractivity contribution in [3.8, 4) is 5.75 Å². The van der Waals surface area contributed by atoms with Crippen LogP contribution in [0.25, 0.3) is 6.08 Å². The lowest BCUT2D eigenvalue weighted by Crippen LogP contribution is -2.46. The molecule has 35 heavy (non-hydrogen) atoms. The van der Waals surface area contributed by atoms with Gasteiger partial charge in [0, 0.05) is 13.7 Å². The van der Waals surface area contributed by atoms with Gasteiger partial charge in [0.1, 0.15) is 0 Å². The van der Waals surface area contributed by atoms with Crippen molar-refractivity contribution >= 4 is 25.0 Å². The molecule has 2 fully saturated rings. The number of rotatable bonds is 8. The summed E-state index contributed by atoms with van der Waals surface area (Å²) in [6.45, 7) is 4.64. The molecule has 0 saturated carbocycles. The summed E-state index contributed by atoms with van der Waals surface area (Å²) >= 11 is 0. The Kier molecular flexibility index (Phi) is 7.78. The molecule has 2 aliphatic heterocycles. The van der Waals surface area contributed by atoms with Gasteiger partial charge in [-0.2, -0.15) is 0 Å². The van der Waals surface area contributed by atoms with Gasteiger partial charge >= 0.3 is 7.12 Å². The molecule has 4 atom stereocenters. The zero-order chi connectivity index (χ0) is 25.3. The molecule has 2 amide bonds. The predicted molar refractivity (Wildman–Crippen MR) is 130 cm³/mol. The summed E-state index contributed by atoms with van der Waals surface area (Å²) in [5.41, 5.74) is 3.60. The molecule has 2 heterocycles. The lowest BCUT2D eigenvalue weighted by molar-refractivity contribution is -0.140. The maximum Gasteiger partial charge on any atom is 0.455 e. The summed E-state index contributed by atoms with van der Waals surface area (Å²) in [6, 6.07) is 4.24. The van der Waals surface area contributed by atoms with Crippen LogP contribution in [0.5, 0.6) is 5.75 Å². The number of hydrogen-bond acceptors (Lipinski definition) is 6. The summed E-state index contributed by atoms with van der Waals surface area (Å²) in [5.74, 6) is -2.46. The summed E-state index contributed by atoms with van der Waals surface area (Å²) in [5, 5.41) is 20.0. The van der Waals surface area contributed by atoms with Crippen molar-refractivity contribution in [1.29, 1.82) is 0 Å². The molecular weight excluding hydrogens is 452 g/mol. The van der Waals surface area contributed by atoms with Gasteiger partial charge in [-0.1, -0.05) is 24.6 Å². The highest BCUT2D eigenvalue weighted by Gasteiger charge is 2.57. The molecular formula is C26H33BFNO6. The summed E-state index contributed by atoms with van der Waals surface area (Å²) < 4.78 is 25.1. The second kappa shape index (κ2) is 10.6. The number of likely N-dealkylation sites (tertiary alicyclic amines) is 1. The Morgan fingerprint density at radius 2 is 2.09 bits per heavy atom. The van der Waals surface area contributed by atoms with Crippen molar-refractivity contribution in [2.24, 2.45) is 17.8 Å². The van der Waals surface area contributed by atoms with Crippen molar-refractivity contribution in [2.75, 3.05) is 20.3 Å². The molecule has 3 aliphatic rings. The number of ether oxygens (including phenoxy) is 1. The van der Waals surface area contributed by atoms with Crippen LogP contribution in [0.1, 0.15) is 45.1 Å². The molecule has 0 bridgehead atoms. The zero-order valence-corrected chi connectivity index (χ0v) is 20.5. The van der Waals surface area contributed by atoms with E-state index >= 15 is 0 Å². The van der Waals surface area contributed by atoms with Crippen molar-refractivity contribution in [1.82, 2.24) is 4.90 Å². The third-order valence-corrected chi connectivity index (χ3v) is 7.35. The standard InChI is InChI=1S/C26H33BFNO6/c1-4-9-29-25(31)18-12-17(14-34-3)23-19(24(18)26(29)32)13-27(33)35-22(23)8-5-15(2)10-16-6-7-21(30)20(28)11-16/h6-7,10-11,18-19,22,24,30,33H,4-5,8-9,12-14H2,1-3H3/b15-10+/t18-,19+,22-,24-/m1/s1. The maximum absolute atomic E-state index is 13.7. The van der Waals surface area contributed by atoms with Crippen molar-refractivity contribution < 1.29 is 33.5 Å². The number of carbonyl (C=O) groups is 2. The van der Waals surface area contributed by atoms with Crippen LogP contribution < -0.4 is 0 Å². The molecule has 1 aromatic carbocycles. The Balaban J connectivity index is 1.59. The van der Waals surface area contributed by atoms with Crippen LogP contribution in [0.2, 0.25) is 6.32 Å². The number of amides is 2. The van der Waals surface area contributed by atoms with E-state index in [0.29, 0.717) is 44.4 Å². The smallest absolute Gasteiger partial charge is 0.455 e. The van der Waals surface area contributed by atoms with E-state index in [1.807, 2.05) is 19.9 Å². The first-order chi connectivity index (χ1) is 16.7. The number of aromatic hydroxyl groups is 1. The molecule has 1 aliphatic carbocycles. The molecule has 4 rings (SSSR count). The quantitative estimate of drug-likeness (QED) is 0.332. The second-order valence-electron chi connectivity index (χ2n) is 9.82. The van der Waals surface area contributed by atoms with E-state index in [1.165, 1.54) is 17.0 Å². The number of fused-ring (bicyclic) bond motifs is 3. The van der Waals surface area contributed by atoms with Gasteiger partial charge in [0.2, 0.25) is 11.8 Å². The van der Waals surface area contributed by atoms with E-state index in [9.17, 15) is 24.1 Å². The van der Waals surface area contributed by atoms with Gasteiger partial charge in [0.05, 0.1) is 24.5 Å². The molecule has 2 N–H and O–H groups in total. The van der Waals surface area contributed by atoms with Crippen molar-refractivity contribution in [3.63, 3.8) is 0 Å². The third-order valence-electron chi connectivity index (χ3n) is 7.35. The minimum absolute atomic E-state index is 0.119. The van der Waals surface area contributed by atoms with Crippen LogP contribution in [0.15, 0.2) is 34.9 Å². The fourth-order valence-electron chi connectivity index (χ4n) is 5.91. The van der Waals surface area contributed by atoms with Crippen LogP contribution in [0.4, 0.5) is 4.39 Å². The van der Waals surface area contributed by atoms with Crippen LogP contribution in [-0.2, 0) is 19.0 Å². The molecule has 188 valence electrons. The third kappa shape index (κ3) is 5.08. The van der Waals surface area contributed by atoms with Crippen molar-refractivity contribution in [3.05, 3.63) is 46.3 Å². The fraction of sp³-hybridized carbons (Fsp3) is 0.538. The first-order valence-corrected chi connectivity index (χ1v) is 12.3. The zero-order valence-electron chi connectivity index (χ0n) is 20.5. The first kappa shape index (κ1) is 25.6. The number of hydrogen-bond donors (Lipinski definition) is 2. The lowest BCUT2D eigenvalue weighted by Gasteiger charge is -2.43. The highest BCUT2D eigenvalue weighted by atomic mass is 19.1. The SMILES string of the molecule is CCCN1C(=O)[C@@H]2[C@@H](CC(COC)=C3[C@@H](CC/C(C)=C/c4ccc(O)c(F)c4)OB(O)C[C@@H]32)C1=O. The van der Waals surface area contributed by atoms with Gasteiger partial charge < -0.3 is 19.5 Å². The Hall–Kier alpha value is -2.49. The largest absolute Gasteiger partial charge is 0.505 e. The first-order valence-electron chi connectivity index (χ1n) is 12.3. The number of allylic oxidation sites excluding steroid dienone is 1. The number of methoxy groups -OCH3 is 1. The van der Waals surface area contributed by atoms with Crippen LogP contribution in [0, 0.1) is 23.6 Å². The maximum atomic E-state index is 13.7.